The highest BCUT2D eigenvalue weighted by Gasteiger charge is 2.05. The standard InChI is InChI=1S/C16H14O3/c1-12(16(17)18)11-13-7-9-15(10-8-13)19-14-5-3-2-4-6-14/h2-10H,1,11H2,(H,17,18). The number of carboxylic acids is 1. The van der Waals surface area contributed by atoms with Gasteiger partial charge in [0.1, 0.15) is 11.5 Å². The minimum absolute atomic E-state index is 0.178. The Balaban J connectivity index is 2.03. The normalized spacial score (nSPS) is 9.89. The molecule has 3 heteroatoms. The predicted octanol–water partition coefficient (Wildman–Crippen LogP) is 3.66. The van der Waals surface area contributed by atoms with Crippen LogP contribution in [-0.4, -0.2) is 11.1 Å². The molecule has 0 fully saturated rings. The molecule has 0 aromatic heterocycles. The average molecular weight is 254 g/mol. The van der Waals surface area contributed by atoms with Crippen LogP contribution in [0.2, 0.25) is 0 Å². The third-order valence-corrected chi connectivity index (χ3v) is 2.62. The van der Waals surface area contributed by atoms with Crippen LogP contribution in [0.5, 0.6) is 11.5 Å². The quantitative estimate of drug-likeness (QED) is 0.828. The van der Waals surface area contributed by atoms with Gasteiger partial charge in [-0.05, 0) is 29.8 Å². The lowest BCUT2D eigenvalue weighted by Gasteiger charge is -2.06. The van der Waals surface area contributed by atoms with Crippen molar-refractivity contribution in [3.63, 3.8) is 0 Å². The summed E-state index contributed by atoms with van der Waals surface area (Å²) >= 11 is 0. The maximum atomic E-state index is 10.7. The molecule has 2 aromatic rings. The first kappa shape index (κ1) is 12.9. The highest BCUT2D eigenvalue weighted by molar-refractivity contribution is 5.86. The van der Waals surface area contributed by atoms with Crippen molar-refractivity contribution in [1.82, 2.24) is 0 Å². The van der Waals surface area contributed by atoms with Gasteiger partial charge in [0.15, 0.2) is 0 Å². The SMILES string of the molecule is C=C(Cc1ccc(Oc2ccccc2)cc1)C(=O)O. The molecular weight excluding hydrogens is 240 g/mol. The molecule has 0 saturated carbocycles. The Hall–Kier alpha value is -2.55. The molecule has 0 unspecified atom stereocenters. The molecule has 0 atom stereocenters. The summed E-state index contributed by atoms with van der Waals surface area (Å²) in [5, 5.41) is 8.77. The van der Waals surface area contributed by atoms with E-state index in [9.17, 15) is 4.79 Å². The molecule has 0 aliphatic rings. The summed E-state index contributed by atoms with van der Waals surface area (Å²) in [6.07, 6.45) is 0.334. The Kier molecular flexibility index (Phi) is 3.98. The number of benzene rings is 2. The van der Waals surface area contributed by atoms with Crippen LogP contribution in [0.15, 0.2) is 66.7 Å². The Labute approximate surface area is 111 Å². The van der Waals surface area contributed by atoms with Crippen molar-refractivity contribution >= 4 is 5.97 Å². The zero-order chi connectivity index (χ0) is 13.7. The highest BCUT2D eigenvalue weighted by Crippen LogP contribution is 2.21. The number of hydrogen-bond donors (Lipinski definition) is 1. The maximum Gasteiger partial charge on any atom is 0.331 e. The van der Waals surface area contributed by atoms with Gasteiger partial charge in [-0.2, -0.15) is 0 Å². The summed E-state index contributed by atoms with van der Waals surface area (Å²) in [6, 6.07) is 16.8. The number of carboxylic acid groups (broad SMARTS) is 1. The minimum Gasteiger partial charge on any atom is -0.478 e. The topological polar surface area (TPSA) is 46.5 Å². The number of hydrogen-bond acceptors (Lipinski definition) is 2. The number of carbonyl (C=O) groups is 1. The Bertz CT molecular complexity index is 571. The van der Waals surface area contributed by atoms with E-state index in [0.717, 1.165) is 17.1 Å². The molecule has 0 aliphatic carbocycles. The minimum atomic E-state index is -0.968. The molecule has 0 amide bonds. The second kappa shape index (κ2) is 5.87. The molecule has 2 rings (SSSR count). The largest absolute Gasteiger partial charge is 0.478 e. The number of para-hydroxylation sites is 1. The van der Waals surface area contributed by atoms with Crippen molar-refractivity contribution in [2.45, 2.75) is 6.42 Å². The first-order valence-electron chi connectivity index (χ1n) is 5.88. The van der Waals surface area contributed by atoms with Crippen LogP contribution in [0.4, 0.5) is 0 Å². The van der Waals surface area contributed by atoms with Gasteiger partial charge < -0.3 is 9.84 Å². The van der Waals surface area contributed by atoms with E-state index in [4.69, 9.17) is 9.84 Å². The smallest absolute Gasteiger partial charge is 0.331 e. The Morgan fingerprint density at radius 3 is 2.16 bits per heavy atom. The Morgan fingerprint density at radius 1 is 1.00 bits per heavy atom. The monoisotopic (exact) mass is 254 g/mol. The van der Waals surface area contributed by atoms with Gasteiger partial charge in [0, 0.05) is 12.0 Å². The van der Waals surface area contributed by atoms with E-state index >= 15 is 0 Å². The van der Waals surface area contributed by atoms with Crippen molar-refractivity contribution in [2.75, 3.05) is 0 Å². The second-order valence-electron chi connectivity index (χ2n) is 4.14. The van der Waals surface area contributed by atoms with E-state index in [1.165, 1.54) is 0 Å². The fourth-order valence-corrected chi connectivity index (χ4v) is 1.62. The number of rotatable bonds is 5. The summed E-state index contributed by atoms with van der Waals surface area (Å²) in [4.78, 5) is 10.7. The Morgan fingerprint density at radius 2 is 1.58 bits per heavy atom. The summed E-state index contributed by atoms with van der Waals surface area (Å²) in [6.45, 7) is 3.51. The molecule has 96 valence electrons. The molecule has 2 aromatic carbocycles. The van der Waals surface area contributed by atoms with Crippen LogP contribution in [0.3, 0.4) is 0 Å². The molecule has 0 saturated heterocycles. The van der Waals surface area contributed by atoms with Crippen LogP contribution in [-0.2, 0) is 11.2 Å². The van der Waals surface area contributed by atoms with E-state index in [0.29, 0.717) is 6.42 Å². The molecule has 0 heterocycles. The number of aliphatic carboxylic acids is 1. The summed E-state index contributed by atoms with van der Waals surface area (Å²) in [5.41, 5.74) is 1.07. The van der Waals surface area contributed by atoms with Gasteiger partial charge in [-0.25, -0.2) is 4.79 Å². The van der Waals surface area contributed by atoms with Crippen LogP contribution < -0.4 is 4.74 Å². The molecule has 1 N–H and O–H groups in total. The third kappa shape index (κ3) is 3.71. The predicted molar refractivity (Wildman–Crippen MR) is 73.4 cm³/mol. The van der Waals surface area contributed by atoms with E-state index in [1.807, 2.05) is 54.6 Å². The van der Waals surface area contributed by atoms with Crippen molar-refractivity contribution < 1.29 is 14.6 Å². The summed E-state index contributed by atoms with van der Waals surface area (Å²) in [7, 11) is 0. The maximum absolute atomic E-state index is 10.7. The molecule has 0 bridgehead atoms. The number of ether oxygens (including phenoxy) is 1. The molecule has 3 nitrogen and oxygen atoms in total. The zero-order valence-electron chi connectivity index (χ0n) is 10.4. The van der Waals surface area contributed by atoms with Gasteiger partial charge in [-0.1, -0.05) is 36.9 Å². The highest BCUT2D eigenvalue weighted by atomic mass is 16.5. The molecule has 0 aliphatic heterocycles. The van der Waals surface area contributed by atoms with E-state index in [2.05, 4.69) is 6.58 Å². The first-order chi connectivity index (χ1) is 9.15. The zero-order valence-corrected chi connectivity index (χ0v) is 10.4. The third-order valence-electron chi connectivity index (χ3n) is 2.62. The summed E-state index contributed by atoms with van der Waals surface area (Å²) in [5.74, 6) is 0.519. The fourth-order valence-electron chi connectivity index (χ4n) is 1.62. The molecule has 0 spiro atoms. The van der Waals surface area contributed by atoms with E-state index < -0.39 is 5.97 Å². The van der Waals surface area contributed by atoms with E-state index in [-0.39, 0.29) is 5.57 Å². The van der Waals surface area contributed by atoms with Crippen molar-refractivity contribution in [3.05, 3.63) is 72.3 Å². The van der Waals surface area contributed by atoms with Gasteiger partial charge in [0.2, 0.25) is 0 Å². The first-order valence-corrected chi connectivity index (χ1v) is 5.88. The lowest BCUT2D eigenvalue weighted by Crippen LogP contribution is -2.01. The lowest BCUT2D eigenvalue weighted by molar-refractivity contribution is -0.132. The summed E-state index contributed by atoms with van der Waals surface area (Å²) < 4.78 is 5.65. The molecule has 19 heavy (non-hydrogen) atoms. The fraction of sp³-hybridized carbons (Fsp3) is 0.0625. The van der Waals surface area contributed by atoms with Gasteiger partial charge in [0.05, 0.1) is 0 Å². The average Bonchev–Trinajstić information content (AvgIpc) is 2.42. The van der Waals surface area contributed by atoms with Gasteiger partial charge >= 0.3 is 5.97 Å². The van der Waals surface area contributed by atoms with Crippen molar-refractivity contribution in [1.29, 1.82) is 0 Å². The van der Waals surface area contributed by atoms with Crippen LogP contribution >= 0.6 is 0 Å². The van der Waals surface area contributed by atoms with Gasteiger partial charge in [0.25, 0.3) is 0 Å². The van der Waals surface area contributed by atoms with Crippen molar-refractivity contribution in [2.24, 2.45) is 0 Å². The van der Waals surface area contributed by atoms with Gasteiger partial charge in [-0.3, -0.25) is 0 Å². The molecular formula is C16H14O3. The van der Waals surface area contributed by atoms with Gasteiger partial charge in [-0.15, -0.1) is 0 Å². The second-order valence-corrected chi connectivity index (χ2v) is 4.14. The van der Waals surface area contributed by atoms with E-state index in [1.54, 1.807) is 0 Å². The van der Waals surface area contributed by atoms with Crippen LogP contribution in [0.1, 0.15) is 5.56 Å². The lowest BCUT2D eigenvalue weighted by atomic mass is 10.1. The van der Waals surface area contributed by atoms with Crippen LogP contribution in [0.25, 0.3) is 0 Å². The molecule has 0 radical (unpaired) electrons. The van der Waals surface area contributed by atoms with Crippen molar-refractivity contribution in [3.8, 4) is 11.5 Å². The van der Waals surface area contributed by atoms with Crippen LogP contribution in [0, 0.1) is 0 Å².